The zero-order chi connectivity index (χ0) is 24.3. The summed E-state index contributed by atoms with van der Waals surface area (Å²) in [6.07, 6.45) is -4.88. The minimum atomic E-state index is -4.88. The number of ether oxygens (including phenoxy) is 3. The number of ketones is 1. The second-order valence-electron chi connectivity index (χ2n) is 7.02. The molecule has 2 atom stereocenters. The number of hydrogen-bond donors (Lipinski definition) is 0. The largest absolute Gasteiger partial charge is 0.573 e. The van der Waals surface area contributed by atoms with Gasteiger partial charge in [-0.25, -0.2) is 4.39 Å². The molecule has 0 unspecified atom stereocenters. The lowest BCUT2D eigenvalue weighted by molar-refractivity contribution is -0.274. The topological polar surface area (TPSA) is 82.1 Å². The third-order valence-electron chi connectivity index (χ3n) is 4.98. The fourth-order valence-electron chi connectivity index (χ4n) is 3.66. The summed E-state index contributed by atoms with van der Waals surface area (Å²) < 4.78 is 66.0. The van der Waals surface area contributed by atoms with E-state index in [9.17, 15) is 31.9 Å². The molecular formula is C22H19F4NO6. The minimum absolute atomic E-state index is 0.00993. The average molecular weight is 469 g/mol. The SMILES string of the molecule is CCOC(=O)[C@@H]1C(=O)C(=O)N(Cc2ccc(OC(F)(F)F)cc2)[C@H]1c1c(F)cccc1OC. The molecule has 11 heteroatoms. The molecule has 0 saturated carbocycles. The van der Waals surface area contributed by atoms with Crippen LogP contribution in [-0.2, 0) is 25.7 Å². The Bertz CT molecular complexity index is 1050. The number of alkyl halides is 3. The van der Waals surface area contributed by atoms with Gasteiger partial charge in [-0.05, 0) is 36.8 Å². The molecule has 176 valence electrons. The maximum atomic E-state index is 14.9. The molecule has 0 bridgehead atoms. The molecule has 3 rings (SSSR count). The summed E-state index contributed by atoms with van der Waals surface area (Å²) in [4.78, 5) is 39.1. The van der Waals surface area contributed by atoms with Crippen LogP contribution >= 0.6 is 0 Å². The van der Waals surface area contributed by atoms with Crippen molar-refractivity contribution in [2.75, 3.05) is 13.7 Å². The van der Waals surface area contributed by atoms with Crippen LogP contribution in [-0.4, -0.2) is 42.6 Å². The summed E-state index contributed by atoms with van der Waals surface area (Å²) in [5.41, 5.74) is 0.129. The van der Waals surface area contributed by atoms with E-state index >= 15 is 0 Å². The van der Waals surface area contributed by atoms with E-state index in [4.69, 9.17) is 9.47 Å². The number of nitrogens with zero attached hydrogens (tertiary/aromatic N) is 1. The van der Waals surface area contributed by atoms with Gasteiger partial charge in [0, 0.05) is 6.54 Å². The molecular weight excluding hydrogens is 450 g/mol. The summed E-state index contributed by atoms with van der Waals surface area (Å²) in [5.74, 6) is -6.06. The maximum absolute atomic E-state index is 14.9. The van der Waals surface area contributed by atoms with Crippen LogP contribution in [0.25, 0.3) is 0 Å². The van der Waals surface area contributed by atoms with Crippen molar-refractivity contribution in [2.24, 2.45) is 5.92 Å². The quantitative estimate of drug-likeness (QED) is 0.267. The van der Waals surface area contributed by atoms with Crippen molar-refractivity contribution >= 4 is 17.7 Å². The number of benzene rings is 2. The van der Waals surface area contributed by atoms with E-state index in [2.05, 4.69) is 4.74 Å². The van der Waals surface area contributed by atoms with Crippen LogP contribution in [0.4, 0.5) is 17.6 Å². The fraction of sp³-hybridized carbons (Fsp3) is 0.318. The van der Waals surface area contributed by atoms with Gasteiger partial charge in [0.1, 0.15) is 23.2 Å². The number of rotatable bonds is 7. The Morgan fingerprint density at radius 3 is 2.33 bits per heavy atom. The van der Waals surface area contributed by atoms with E-state index in [-0.39, 0.29) is 24.5 Å². The first-order chi connectivity index (χ1) is 15.6. The van der Waals surface area contributed by atoms with Crippen LogP contribution in [0.1, 0.15) is 24.1 Å². The van der Waals surface area contributed by atoms with Crippen LogP contribution in [0.2, 0.25) is 0 Å². The fourth-order valence-corrected chi connectivity index (χ4v) is 3.66. The minimum Gasteiger partial charge on any atom is -0.496 e. The molecule has 1 aliphatic rings. The second kappa shape index (κ2) is 9.47. The zero-order valence-corrected chi connectivity index (χ0v) is 17.5. The van der Waals surface area contributed by atoms with Gasteiger partial charge in [0.2, 0.25) is 5.78 Å². The first kappa shape index (κ1) is 24.0. The van der Waals surface area contributed by atoms with E-state index in [0.717, 1.165) is 23.1 Å². The molecule has 1 saturated heterocycles. The van der Waals surface area contributed by atoms with Crippen molar-refractivity contribution < 1.29 is 46.2 Å². The standard InChI is InChI=1S/C22H19F4NO6/c1-3-32-21(30)17-18(16-14(23)5-4-6-15(16)31-2)27(20(29)19(17)28)11-12-7-9-13(10-8-12)33-22(24,25)26/h4-10,17-18H,3,11H2,1-2H3/t17-,18-/m0/s1. The lowest BCUT2D eigenvalue weighted by Gasteiger charge is -2.28. The molecule has 0 spiro atoms. The Morgan fingerprint density at radius 2 is 1.76 bits per heavy atom. The van der Waals surface area contributed by atoms with Gasteiger partial charge in [-0.2, -0.15) is 0 Å². The van der Waals surface area contributed by atoms with Crippen LogP contribution in [0, 0.1) is 11.7 Å². The van der Waals surface area contributed by atoms with Crippen molar-refractivity contribution in [2.45, 2.75) is 25.9 Å². The number of hydrogen-bond acceptors (Lipinski definition) is 6. The summed E-state index contributed by atoms with van der Waals surface area (Å²) in [5, 5.41) is 0. The molecule has 1 amide bonds. The number of Topliss-reactive ketones (excluding diaryl/α,β-unsaturated/α-hetero) is 1. The monoisotopic (exact) mass is 469 g/mol. The van der Waals surface area contributed by atoms with Crippen molar-refractivity contribution in [3.05, 3.63) is 59.4 Å². The van der Waals surface area contributed by atoms with E-state index in [1.807, 2.05) is 0 Å². The molecule has 0 aliphatic carbocycles. The van der Waals surface area contributed by atoms with Crippen molar-refractivity contribution in [1.29, 1.82) is 0 Å². The van der Waals surface area contributed by atoms with Crippen LogP contribution in [0.3, 0.4) is 0 Å². The highest BCUT2D eigenvalue weighted by atomic mass is 19.4. The van der Waals surface area contributed by atoms with Crippen molar-refractivity contribution in [3.8, 4) is 11.5 Å². The summed E-state index contributed by atoms with van der Waals surface area (Å²) in [7, 11) is 1.26. The van der Waals surface area contributed by atoms with Crippen molar-refractivity contribution in [1.82, 2.24) is 4.90 Å². The molecule has 1 heterocycles. The lowest BCUT2D eigenvalue weighted by Crippen LogP contribution is -2.32. The number of carbonyl (C=O) groups excluding carboxylic acids is 3. The highest BCUT2D eigenvalue weighted by Gasteiger charge is 2.54. The third kappa shape index (κ3) is 5.07. The molecule has 33 heavy (non-hydrogen) atoms. The molecule has 1 fully saturated rings. The molecule has 0 radical (unpaired) electrons. The highest BCUT2D eigenvalue weighted by molar-refractivity contribution is 6.42. The number of likely N-dealkylation sites (tertiary alicyclic amines) is 1. The zero-order valence-electron chi connectivity index (χ0n) is 17.5. The van der Waals surface area contributed by atoms with Gasteiger partial charge in [-0.15, -0.1) is 13.2 Å². The normalized spacial score (nSPS) is 18.4. The van der Waals surface area contributed by atoms with Gasteiger partial charge in [0.15, 0.2) is 0 Å². The third-order valence-corrected chi connectivity index (χ3v) is 4.98. The smallest absolute Gasteiger partial charge is 0.496 e. The van der Waals surface area contributed by atoms with Crippen LogP contribution < -0.4 is 9.47 Å². The molecule has 7 nitrogen and oxygen atoms in total. The van der Waals surface area contributed by atoms with E-state index in [1.165, 1.54) is 38.3 Å². The Kier molecular flexibility index (Phi) is 6.89. The molecule has 0 aromatic heterocycles. The predicted molar refractivity (Wildman–Crippen MR) is 104 cm³/mol. The highest BCUT2D eigenvalue weighted by Crippen LogP contribution is 2.43. The van der Waals surface area contributed by atoms with Gasteiger partial charge in [0.05, 0.1) is 25.3 Å². The van der Waals surface area contributed by atoms with Gasteiger partial charge >= 0.3 is 12.3 Å². The summed E-state index contributed by atoms with van der Waals surface area (Å²) in [6, 6.07) is 7.06. The number of amides is 1. The van der Waals surface area contributed by atoms with Crippen LogP contribution in [0.15, 0.2) is 42.5 Å². The maximum Gasteiger partial charge on any atom is 0.573 e. The molecule has 2 aromatic carbocycles. The van der Waals surface area contributed by atoms with Crippen LogP contribution in [0.5, 0.6) is 11.5 Å². The first-order valence-corrected chi connectivity index (χ1v) is 9.76. The Hall–Kier alpha value is -3.63. The molecule has 0 N–H and O–H groups in total. The summed E-state index contributed by atoms with van der Waals surface area (Å²) >= 11 is 0. The average Bonchev–Trinajstić information content (AvgIpc) is 2.98. The Balaban J connectivity index is 2.02. The Labute approximate surface area is 185 Å². The Morgan fingerprint density at radius 1 is 1.09 bits per heavy atom. The van der Waals surface area contributed by atoms with Gasteiger partial charge in [0.25, 0.3) is 5.91 Å². The van der Waals surface area contributed by atoms with Gasteiger partial charge < -0.3 is 19.1 Å². The van der Waals surface area contributed by atoms with E-state index in [1.54, 1.807) is 0 Å². The van der Waals surface area contributed by atoms with E-state index in [0.29, 0.717) is 5.56 Å². The second-order valence-corrected chi connectivity index (χ2v) is 7.02. The number of methoxy groups -OCH3 is 1. The predicted octanol–water partition coefficient (Wildman–Crippen LogP) is 3.56. The van der Waals surface area contributed by atoms with Gasteiger partial charge in [-0.1, -0.05) is 18.2 Å². The molecule has 2 aromatic rings. The number of carbonyl (C=O) groups is 3. The number of esters is 1. The van der Waals surface area contributed by atoms with E-state index < -0.39 is 47.5 Å². The first-order valence-electron chi connectivity index (χ1n) is 9.76. The van der Waals surface area contributed by atoms with Gasteiger partial charge in [-0.3, -0.25) is 14.4 Å². The van der Waals surface area contributed by atoms with Crippen molar-refractivity contribution in [3.63, 3.8) is 0 Å². The molecule has 1 aliphatic heterocycles. The summed E-state index contributed by atoms with van der Waals surface area (Å²) in [6.45, 7) is 1.15. The lowest BCUT2D eigenvalue weighted by atomic mass is 9.91. The number of halogens is 4.